The third-order valence-electron chi connectivity index (χ3n) is 5.37. The van der Waals surface area contributed by atoms with Crippen molar-refractivity contribution in [3.05, 3.63) is 107 Å². The van der Waals surface area contributed by atoms with E-state index in [0.29, 0.717) is 22.5 Å². The van der Waals surface area contributed by atoms with Gasteiger partial charge in [-0.15, -0.1) is 0 Å². The normalized spacial score (nSPS) is 11.9. The van der Waals surface area contributed by atoms with Gasteiger partial charge in [0.25, 0.3) is 0 Å². The number of aryl methyl sites for hydroxylation is 2. The minimum atomic E-state index is -3.72. The van der Waals surface area contributed by atoms with Crippen molar-refractivity contribution in [1.29, 1.82) is 0 Å². The molecule has 0 spiro atoms. The number of hydrogen-bond acceptors (Lipinski definition) is 6. The number of aromatic hydroxyl groups is 2. The number of aliphatic imine (C=N–C) groups is 2. The molecule has 4 aromatic carbocycles. The van der Waals surface area contributed by atoms with Gasteiger partial charge in [0.1, 0.15) is 11.5 Å². The van der Waals surface area contributed by atoms with Crippen LogP contribution >= 0.6 is 0 Å². The Morgan fingerprint density at radius 1 is 0.600 bits per heavy atom. The summed E-state index contributed by atoms with van der Waals surface area (Å²) in [4.78, 5) is 8.96. The van der Waals surface area contributed by atoms with Crippen LogP contribution in [0.5, 0.6) is 11.5 Å². The first-order valence-electron chi connectivity index (χ1n) is 10.8. The van der Waals surface area contributed by atoms with Crippen molar-refractivity contribution in [3.63, 3.8) is 0 Å². The third kappa shape index (κ3) is 5.65. The van der Waals surface area contributed by atoms with Crippen LogP contribution in [0.1, 0.15) is 22.3 Å². The first-order valence-corrected chi connectivity index (χ1v) is 12.3. The standard InChI is InChI=1S/C28H24N2O4S/c1-19-3-13-27(31)21(15-19)17-29-23-5-9-25(10-6-23)35(33,34)26-11-7-24(8-12-26)30-18-22-16-20(2)4-14-28(22)32/h3-18,31-32H,1-2H3. The smallest absolute Gasteiger partial charge is 0.206 e. The number of hydrogen-bond donors (Lipinski definition) is 2. The van der Waals surface area contributed by atoms with Gasteiger partial charge in [-0.25, -0.2) is 8.42 Å². The molecule has 0 aliphatic rings. The number of phenolic OH excluding ortho intramolecular Hbond substituents is 2. The zero-order valence-electron chi connectivity index (χ0n) is 19.3. The van der Waals surface area contributed by atoms with Gasteiger partial charge in [0.2, 0.25) is 9.84 Å². The summed E-state index contributed by atoms with van der Waals surface area (Å²) >= 11 is 0. The van der Waals surface area contributed by atoms with Crippen molar-refractivity contribution in [3.8, 4) is 11.5 Å². The molecule has 6 nitrogen and oxygen atoms in total. The summed E-state index contributed by atoms with van der Waals surface area (Å²) in [5.74, 6) is 0.254. The van der Waals surface area contributed by atoms with Gasteiger partial charge in [-0.3, -0.25) is 9.98 Å². The first-order chi connectivity index (χ1) is 16.7. The van der Waals surface area contributed by atoms with E-state index in [1.807, 2.05) is 26.0 Å². The Morgan fingerprint density at radius 2 is 0.971 bits per heavy atom. The van der Waals surface area contributed by atoms with Gasteiger partial charge in [-0.05, 0) is 86.6 Å². The zero-order valence-corrected chi connectivity index (χ0v) is 20.1. The number of nitrogens with zero attached hydrogens (tertiary/aromatic N) is 2. The Balaban J connectivity index is 1.50. The van der Waals surface area contributed by atoms with E-state index < -0.39 is 9.84 Å². The average molecular weight is 485 g/mol. The van der Waals surface area contributed by atoms with Crippen LogP contribution in [0.2, 0.25) is 0 Å². The second kappa shape index (κ2) is 9.95. The molecule has 0 saturated carbocycles. The predicted octanol–water partition coefficient (Wildman–Crippen LogP) is 6.05. The molecule has 0 aliphatic carbocycles. The lowest BCUT2D eigenvalue weighted by Crippen LogP contribution is -2.01. The van der Waals surface area contributed by atoms with Crippen molar-refractivity contribution in [1.82, 2.24) is 0 Å². The predicted molar refractivity (Wildman–Crippen MR) is 139 cm³/mol. The molecular weight excluding hydrogens is 460 g/mol. The lowest BCUT2D eigenvalue weighted by atomic mass is 10.1. The van der Waals surface area contributed by atoms with Gasteiger partial charge < -0.3 is 10.2 Å². The summed E-state index contributed by atoms with van der Waals surface area (Å²) in [5, 5.41) is 19.9. The quantitative estimate of drug-likeness (QED) is 0.326. The summed E-state index contributed by atoms with van der Waals surface area (Å²) < 4.78 is 26.1. The summed E-state index contributed by atoms with van der Waals surface area (Å²) in [6.45, 7) is 3.84. The van der Waals surface area contributed by atoms with E-state index in [9.17, 15) is 18.6 Å². The average Bonchev–Trinajstić information content (AvgIpc) is 2.85. The Morgan fingerprint density at radius 3 is 1.34 bits per heavy atom. The maximum absolute atomic E-state index is 13.0. The molecule has 0 aromatic heterocycles. The molecule has 2 N–H and O–H groups in total. The Labute approximate surface area is 204 Å². The maximum atomic E-state index is 13.0. The van der Waals surface area contributed by atoms with Crippen LogP contribution in [0.4, 0.5) is 11.4 Å². The third-order valence-corrected chi connectivity index (χ3v) is 7.15. The lowest BCUT2D eigenvalue weighted by Gasteiger charge is -2.06. The summed E-state index contributed by atoms with van der Waals surface area (Å²) in [6.07, 6.45) is 3.09. The van der Waals surface area contributed by atoms with Crippen molar-refractivity contribution in [2.45, 2.75) is 23.6 Å². The second-order valence-corrected chi connectivity index (χ2v) is 10.1. The minimum absolute atomic E-state index is 0.127. The van der Waals surface area contributed by atoms with Crippen molar-refractivity contribution >= 4 is 33.6 Å². The number of phenols is 2. The van der Waals surface area contributed by atoms with Gasteiger partial charge in [-0.1, -0.05) is 23.3 Å². The number of benzene rings is 4. The van der Waals surface area contributed by atoms with Crippen LogP contribution in [-0.4, -0.2) is 31.1 Å². The van der Waals surface area contributed by atoms with Crippen molar-refractivity contribution in [2.24, 2.45) is 9.98 Å². The molecule has 0 amide bonds. The fourth-order valence-corrected chi connectivity index (χ4v) is 4.66. The summed E-state index contributed by atoms with van der Waals surface area (Å²) in [6, 6.07) is 22.9. The van der Waals surface area contributed by atoms with Crippen LogP contribution in [0.25, 0.3) is 0 Å². The first kappa shape index (κ1) is 23.9. The van der Waals surface area contributed by atoms with E-state index in [1.54, 1.807) is 61.0 Å². The Hall–Kier alpha value is -4.23. The van der Waals surface area contributed by atoms with Crippen LogP contribution in [0.3, 0.4) is 0 Å². The van der Waals surface area contributed by atoms with E-state index in [-0.39, 0.29) is 21.3 Å². The lowest BCUT2D eigenvalue weighted by molar-refractivity contribution is 0.474. The topological polar surface area (TPSA) is 99.3 Å². The fraction of sp³-hybridized carbons (Fsp3) is 0.0714. The summed E-state index contributed by atoms with van der Waals surface area (Å²) in [5.41, 5.74) is 4.29. The monoisotopic (exact) mass is 484 g/mol. The van der Waals surface area contributed by atoms with Gasteiger partial charge in [0.05, 0.1) is 21.2 Å². The fourth-order valence-electron chi connectivity index (χ4n) is 3.40. The number of rotatable bonds is 6. The molecule has 4 rings (SSSR count). The molecule has 0 bridgehead atoms. The molecular formula is C28H24N2O4S. The Kier molecular flexibility index (Phi) is 6.80. The highest BCUT2D eigenvalue weighted by molar-refractivity contribution is 7.91. The highest BCUT2D eigenvalue weighted by Crippen LogP contribution is 2.26. The molecule has 0 saturated heterocycles. The second-order valence-electron chi connectivity index (χ2n) is 8.13. The molecule has 35 heavy (non-hydrogen) atoms. The maximum Gasteiger partial charge on any atom is 0.206 e. The Bertz CT molecular complexity index is 1410. The molecule has 0 radical (unpaired) electrons. The van der Waals surface area contributed by atoms with E-state index >= 15 is 0 Å². The highest BCUT2D eigenvalue weighted by Gasteiger charge is 2.17. The molecule has 7 heteroatoms. The van der Waals surface area contributed by atoms with E-state index in [1.165, 1.54) is 24.3 Å². The molecule has 0 aliphatic heterocycles. The molecule has 4 aromatic rings. The van der Waals surface area contributed by atoms with Gasteiger partial charge >= 0.3 is 0 Å². The van der Waals surface area contributed by atoms with Crippen molar-refractivity contribution < 1.29 is 18.6 Å². The van der Waals surface area contributed by atoms with Crippen molar-refractivity contribution in [2.75, 3.05) is 0 Å². The number of sulfone groups is 1. The van der Waals surface area contributed by atoms with Crippen LogP contribution < -0.4 is 0 Å². The van der Waals surface area contributed by atoms with Gasteiger partial charge in [-0.2, -0.15) is 0 Å². The molecule has 0 fully saturated rings. The van der Waals surface area contributed by atoms with Gasteiger partial charge in [0.15, 0.2) is 0 Å². The largest absolute Gasteiger partial charge is 0.507 e. The van der Waals surface area contributed by atoms with Crippen LogP contribution in [0, 0.1) is 13.8 Å². The van der Waals surface area contributed by atoms with Crippen LogP contribution in [0.15, 0.2) is 105 Å². The minimum Gasteiger partial charge on any atom is -0.507 e. The van der Waals surface area contributed by atoms with Gasteiger partial charge in [0, 0.05) is 23.6 Å². The highest BCUT2D eigenvalue weighted by atomic mass is 32.2. The SMILES string of the molecule is Cc1ccc(O)c(C=Nc2ccc(S(=O)(=O)c3ccc(N=Cc4cc(C)ccc4O)cc3)cc2)c1. The zero-order chi connectivity index (χ0) is 25.0. The van der Waals surface area contributed by atoms with E-state index in [0.717, 1.165) is 11.1 Å². The molecule has 0 unspecified atom stereocenters. The molecule has 176 valence electrons. The molecule has 0 heterocycles. The molecule has 0 atom stereocenters. The van der Waals surface area contributed by atoms with E-state index in [2.05, 4.69) is 9.98 Å². The summed E-state index contributed by atoms with van der Waals surface area (Å²) in [7, 11) is -3.72. The van der Waals surface area contributed by atoms with Crippen LogP contribution in [-0.2, 0) is 9.84 Å². The van der Waals surface area contributed by atoms with E-state index in [4.69, 9.17) is 0 Å².